The molecule has 1 aliphatic carbocycles. The molecule has 0 fully saturated rings. The van der Waals surface area contributed by atoms with Crippen LogP contribution in [0.5, 0.6) is 0 Å². The van der Waals surface area contributed by atoms with E-state index in [0.717, 1.165) is 5.57 Å². The van der Waals surface area contributed by atoms with Crippen molar-refractivity contribution in [2.45, 2.75) is 25.7 Å². The van der Waals surface area contributed by atoms with E-state index in [-0.39, 0.29) is 17.7 Å². The Bertz CT molecular complexity index is 1090. The van der Waals surface area contributed by atoms with Crippen LogP contribution in [0.4, 0.5) is 0 Å². The lowest BCUT2D eigenvalue weighted by Gasteiger charge is -2.20. The fourth-order valence-electron chi connectivity index (χ4n) is 3.31. The second kappa shape index (κ2) is 10.4. The summed E-state index contributed by atoms with van der Waals surface area (Å²) in [6, 6.07) is 5.49. The molecule has 2 N–H and O–H groups in total. The predicted molar refractivity (Wildman–Crippen MR) is 115 cm³/mol. The average molecular weight is 433 g/mol. The number of allylic oxidation sites excluding steroid dienone is 3. The van der Waals surface area contributed by atoms with Gasteiger partial charge in [0.25, 0.3) is 5.91 Å². The Balaban J connectivity index is 1.12. The van der Waals surface area contributed by atoms with Crippen molar-refractivity contribution in [2.24, 2.45) is 16.1 Å². The van der Waals surface area contributed by atoms with E-state index in [1.54, 1.807) is 6.20 Å². The number of carbonyl (C=O) groups excluding carboxylic acids is 2. The van der Waals surface area contributed by atoms with E-state index < -0.39 is 0 Å². The van der Waals surface area contributed by atoms with Crippen LogP contribution < -0.4 is 10.6 Å². The first kappa shape index (κ1) is 21.3. The van der Waals surface area contributed by atoms with E-state index >= 15 is 0 Å². The van der Waals surface area contributed by atoms with Gasteiger partial charge in [-0.1, -0.05) is 35.5 Å². The van der Waals surface area contributed by atoms with Crippen LogP contribution in [0.25, 0.3) is 11.5 Å². The number of amides is 2. The van der Waals surface area contributed by atoms with Crippen molar-refractivity contribution in [1.29, 1.82) is 0 Å². The summed E-state index contributed by atoms with van der Waals surface area (Å²) >= 11 is 0. The molecule has 1 atom stereocenters. The molecule has 2 aromatic heterocycles. The Kier molecular flexibility index (Phi) is 6.91. The summed E-state index contributed by atoms with van der Waals surface area (Å²) in [6.07, 6.45) is 11.3. The number of aromatic nitrogens is 3. The Morgan fingerprint density at radius 1 is 1.12 bits per heavy atom. The molecule has 4 rings (SSSR count). The number of azo groups is 1. The molecule has 0 spiro atoms. The van der Waals surface area contributed by atoms with Gasteiger partial charge >= 0.3 is 0 Å². The van der Waals surface area contributed by atoms with Gasteiger partial charge in [0.05, 0.1) is 5.92 Å². The summed E-state index contributed by atoms with van der Waals surface area (Å²) in [6.45, 7) is 1.14. The van der Waals surface area contributed by atoms with Crippen molar-refractivity contribution < 1.29 is 14.1 Å². The number of carbonyl (C=O) groups is 2. The topological polar surface area (TPSA) is 135 Å². The number of hydrogen-bond donors (Lipinski definition) is 2. The van der Waals surface area contributed by atoms with Gasteiger partial charge in [-0.15, -0.1) is 10.2 Å². The van der Waals surface area contributed by atoms with Crippen LogP contribution in [0.2, 0.25) is 0 Å². The minimum atomic E-state index is -0.362. The standard InChI is InChI=1S/C22H23N7O3/c30-18(10-5-11-19-26-21(29-32-19)17-9-3-4-12-23-17)24-13-6-14-25-20-15-7-1-2-8-16(15)22(31)28-27-20/h1-4,7-9,12,16,25H,5-6,10-11,13-14H2,(H,24,30). The minimum Gasteiger partial charge on any atom is -0.368 e. The van der Waals surface area contributed by atoms with Crippen molar-refractivity contribution in [3.63, 3.8) is 0 Å². The Morgan fingerprint density at radius 2 is 2.06 bits per heavy atom. The van der Waals surface area contributed by atoms with Crippen LogP contribution in [-0.4, -0.2) is 40.0 Å². The predicted octanol–water partition coefficient (Wildman–Crippen LogP) is 2.50. The molecule has 1 aliphatic heterocycles. The number of nitrogens with one attached hydrogen (secondary N) is 2. The fourth-order valence-corrected chi connectivity index (χ4v) is 3.31. The van der Waals surface area contributed by atoms with Crippen molar-refractivity contribution in [2.75, 3.05) is 13.1 Å². The zero-order valence-electron chi connectivity index (χ0n) is 17.4. The second-order valence-corrected chi connectivity index (χ2v) is 7.27. The third-order valence-corrected chi connectivity index (χ3v) is 4.94. The summed E-state index contributed by atoms with van der Waals surface area (Å²) < 4.78 is 5.22. The first-order valence-electron chi connectivity index (χ1n) is 10.5. The lowest BCUT2D eigenvalue weighted by atomic mass is 9.93. The molecule has 32 heavy (non-hydrogen) atoms. The molecule has 0 radical (unpaired) electrons. The Labute approximate surface area is 184 Å². The molecular weight excluding hydrogens is 410 g/mol. The highest BCUT2D eigenvalue weighted by Gasteiger charge is 2.26. The van der Waals surface area contributed by atoms with Crippen LogP contribution in [-0.2, 0) is 16.0 Å². The van der Waals surface area contributed by atoms with Crippen molar-refractivity contribution in [3.05, 3.63) is 66.0 Å². The summed E-state index contributed by atoms with van der Waals surface area (Å²) in [7, 11) is 0. The molecule has 2 aliphatic rings. The van der Waals surface area contributed by atoms with Crippen LogP contribution in [0.1, 0.15) is 25.2 Å². The van der Waals surface area contributed by atoms with E-state index in [2.05, 4.69) is 36.0 Å². The Hall–Kier alpha value is -3.95. The van der Waals surface area contributed by atoms with Gasteiger partial charge < -0.3 is 15.2 Å². The lowest BCUT2D eigenvalue weighted by Crippen LogP contribution is -2.28. The van der Waals surface area contributed by atoms with Crippen molar-refractivity contribution >= 4 is 11.8 Å². The van der Waals surface area contributed by atoms with Gasteiger partial charge in [-0.3, -0.25) is 14.6 Å². The number of fused-ring (bicyclic) bond motifs is 1. The van der Waals surface area contributed by atoms with Gasteiger partial charge in [0, 0.05) is 37.7 Å². The SMILES string of the molecule is O=C(CCCc1nc(-c2ccccn2)no1)NCCCNC1=C2C=CC=CC2C(=O)N=N1. The van der Waals surface area contributed by atoms with Gasteiger partial charge in [-0.2, -0.15) is 4.98 Å². The first-order valence-corrected chi connectivity index (χ1v) is 10.5. The number of aryl methyl sites for hydroxylation is 1. The van der Waals surface area contributed by atoms with Crippen molar-refractivity contribution in [1.82, 2.24) is 25.8 Å². The maximum atomic E-state index is 12.0. The van der Waals surface area contributed by atoms with E-state index in [1.807, 2.05) is 42.5 Å². The van der Waals surface area contributed by atoms with Crippen LogP contribution in [0.3, 0.4) is 0 Å². The highest BCUT2D eigenvalue weighted by molar-refractivity contribution is 5.86. The molecule has 0 bridgehead atoms. The number of nitrogens with zero attached hydrogens (tertiary/aromatic N) is 5. The molecule has 0 aromatic carbocycles. The Morgan fingerprint density at radius 3 is 2.94 bits per heavy atom. The van der Waals surface area contributed by atoms with Crippen LogP contribution in [0, 0.1) is 5.92 Å². The number of pyridine rings is 1. The third-order valence-electron chi connectivity index (χ3n) is 4.94. The van der Waals surface area contributed by atoms with Crippen LogP contribution in [0.15, 0.2) is 74.8 Å². The monoisotopic (exact) mass is 433 g/mol. The van der Waals surface area contributed by atoms with Gasteiger partial charge in [0.1, 0.15) is 5.69 Å². The molecular formula is C22H23N7O3. The molecule has 10 nitrogen and oxygen atoms in total. The molecule has 1 unspecified atom stereocenters. The maximum Gasteiger partial charge on any atom is 0.276 e. The molecule has 2 aromatic rings. The summed E-state index contributed by atoms with van der Waals surface area (Å²) in [5.74, 6) is 0.889. The number of rotatable bonds is 10. The van der Waals surface area contributed by atoms with Gasteiger partial charge in [0.15, 0.2) is 5.82 Å². The van der Waals surface area contributed by atoms with Gasteiger partial charge in [-0.25, -0.2) is 0 Å². The van der Waals surface area contributed by atoms with Crippen LogP contribution >= 0.6 is 0 Å². The molecule has 0 saturated carbocycles. The molecule has 3 heterocycles. The lowest BCUT2D eigenvalue weighted by molar-refractivity contribution is -0.121. The van der Waals surface area contributed by atoms with E-state index in [9.17, 15) is 9.59 Å². The molecule has 2 amide bonds. The zero-order valence-corrected chi connectivity index (χ0v) is 17.4. The maximum absolute atomic E-state index is 12.0. The van der Waals surface area contributed by atoms with Gasteiger partial charge in [-0.05, 0) is 25.0 Å². The molecule has 10 heteroatoms. The summed E-state index contributed by atoms with van der Waals surface area (Å²) in [4.78, 5) is 32.3. The smallest absolute Gasteiger partial charge is 0.276 e. The summed E-state index contributed by atoms with van der Waals surface area (Å²) in [5.41, 5.74) is 1.47. The highest BCUT2D eigenvalue weighted by Crippen LogP contribution is 2.27. The summed E-state index contributed by atoms with van der Waals surface area (Å²) in [5, 5.41) is 17.7. The highest BCUT2D eigenvalue weighted by atomic mass is 16.5. The molecule has 0 saturated heterocycles. The second-order valence-electron chi connectivity index (χ2n) is 7.27. The van der Waals surface area contributed by atoms with E-state index in [1.165, 1.54) is 0 Å². The van der Waals surface area contributed by atoms with Crippen molar-refractivity contribution in [3.8, 4) is 11.5 Å². The minimum absolute atomic E-state index is 0.0279. The average Bonchev–Trinajstić information content (AvgIpc) is 3.30. The fraction of sp³-hybridized carbons (Fsp3) is 0.318. The largest absolute Gasteiger partial charge is 0.368 e. The zero-order chi connectivity index (χ0) is 22.2. The van der Waals surface area contributed by atoms with Gasteiger partial charge in [0.2, 0.25) is 17.6 Å². The third kappa shape index (κ3) is 5.39. The molecule has 164 valence electrons. The van der Waals surface area contributed by atoms with E-state index in [4.69, 9.17) is 4.52 Å². The quantitative estimate of drug-likeness (QED) is 0.550. The van der Waals surface area contributed by atoms with E-state index in [0.29, 0.717) is 62.0 Å². The number of hydrogen-bond acceptors (Lipinski definition) is 8. The first-order chi connectivity index (χ1) is 15.7. The normalized spacial score (nSPS) is 16.9.